The number of rotatable bonds is 11. The molecule has 1 atom stereocenters. The van der Waals surface area contributed by atoms with Crippen LogP contribution in [0.25, 0.3) is 0 Å². The molecule has 1 saturated heterocycles. The summed E-state index contributed by atoms with van der Waals surface area (Å²) in [6, 6.07) is 0.905. The molecule has 0 aromatic rings. The third kappa shape index (κ3) is 7.97. The van der Waals surface area contributed by atoms with Crippen molar-refractivity contribution in [3.05, 3.63) is 0 Å². The number of likely N-dealkylation sites (tertiary alicyclic amines) is 1. The van der Waals surface area contributed by atoms with E-state index in [0.29, 0.717) is 0 Å². The topological polar surface area (TPSA) is 3.24 Å². The zero-order chi connectivity index (χ0) is 13.8. The van der Waals surface area contributed by atoms with Crippen LogP contribution in [-0.2, 0) is 0 Å². The summed E-state index contributed by atoms with van der Waals surface area (Å²) in [6.45, 7) is 7.40. The van der Waals surface area contributed by atoms with E-state index < -0.39 is 0 Å². The molecule has 0 bridgehead atoms. The van der Waals surface area contributed by atoms with E-state index in [-0.39, 0.29) is 0 Å². The van der Waals surface area contributed by atoms with E-state index >= 15 is 0 Å². The number of hydrogen-bond acceptors (Lipinski definition) is 1. The van der Waals surface area contributed by atoms with E-state index in [4.69, 9.17) is 0 Å². The van der Waals surface area contributed by atoms with Gasteiger partial charge in [-0.2, -0.15) is 0 Å². The second-order valence-corrected chi connectivity index (χ2v) is 6.42. The van der Waals surface area contributed by atoms with Gasteiger partial charge in [0, 0.05) is 6.04 Å². The quantitative estimate of drug-likeness (QED) is 0.429. The van der Waals surface area contributed by atoms with Crippen molar-refractivity contribution in [2.75, 3.05) is 13.1 Å². The van der Waals surface area contributed by atoms with Crippen molar-refractivity contribution in [2.45, 2.75) is 103 Å². The molecule has 0 aromatic carbocycles. The summed E-state index contributed by atoms with van der Waals surface area (Å²) >= 11 is 0. The maximum atomic E-state index is 2.77. The molecule has 1 nitrogen and oxygen atoms in total. The average molecular weight is 268 g/mol. The molecule has 1 heterocycles. The molecule has 0 saturated carbocycles. The molecule has 0 spiro atoms. The van der Waals surface area contributed by atoms with Crippen molar-refractivity contribution < 1.29 is 0 Å². The lowest BCUT2D eigenvalue weighted by atomic mass is 9.99. The molecule has 1 fully saturated rings. The Morgan fingerprint density at radius 2 is 1.42 bits per heavy atom. The van der Waals surface area contributed by atoms with E-state index in [1.54, 1.807) is 0 Å². The summed E-state index contributed by atoms with van der Waals surface area (Å²) in [5, 5.41) is 0. The first kappa shape index (κ1) is 17.0. The lowest BCUT2D eigenvalue weighted by Gasteiger charge is -2.35. The summed E-state index contributed by atoms with van der Waals surface area (Å²) in [5.41, 5.74) is 0. The number of unbranched alkanes of at least 4 members (excludes halogenated alkanes) is 8. The Bertz CT molecular complexity index is 190. The van der Waals surface area contributed by atoms with E-state index in [2.05, 4.69) is 18.7 Å². The molecular formula is C18H37N. The van der Waals surface area contributed by atoms with Crippen LogP contribution in [0.1, 0.15) is 97.3 Å². The first-order valence-corrected chi connectivity index (χ1v) is 9.12. The van der Waals surface area contributed by atoms with Crippen molar-refractivity contribution >= 4 is 0 Å². The first-order chi connectivity index (χ1) is 9.38. The standard InChI is InChI=1S/C18H37N/c1-3-5-6-7-8-9-10-11-13-16-19-17-14-12-15-18(19)4-2/h18H,3-17H2,1-2H3. The maximum Gasteiger partial charge on any atom is 0.00926 e. The fourth-order valence-electron chi connectivity index (χ4n) is 3.44. The fourth-order valence-corrected chi connectivity index (χ4v) is 3.44. The minimum absolute atomic E-state index is 0.905. The second kappa shape index (κ2) is 11.8. The Hall–Kier alpha value is -0.0400. The van der Waals surface area contributed by atoms with Crippen LogP contribution in [0.3, 0.4) is 0 Å². The van der Waals surface area contributed by atoms with Gasteiger partial charge in [0.25, 0.3) is 0 Å². The molecule has 0 aromatic heterocycles. The average Bonchev–Trinajstić information content (AvgIpc) is 2.46. The van der Waals surface area contributed by atoms with Crippen molar-refractivity contribution in [2.24, 2.45) is 0 Å². The predicted molar refractivity (Wildman–Crippen MR) is 86.7 cm³/mol. The van der Waals surface area contributed by atoms with Gasteiger partial charge in [-0.05, 0) is 38.8 Å². The lowest BCUT2D eigenvalue weighted by molar-refractivity contribution is 0.141. The van der Waals surface area contributed by atoms with Gasteiger partial charge in [-0.3, -0.25) is 0 Å². The molecule has 0 radical (unpaired) electrons. The molecule has 0 N–H and O–H groups in total. The molecule has 1 aliphatic heterocycles. The fraction of sp³-hybridized carbons (Fsp3) is 1.00. The second-order valence-electron chi connectivity index (χ2n) is 6.42. The van der Waals surface area contributed by atoms with Gasteiger partial charge >= 0.3 is 0 Å². The Kier molecular flexibility index (Phi) is 10.5. The largest absolute Gasteiger partial charge is 0.300 e. The van der Waals surface area contributed by atoms with Crippen LogP contribution < -0.4 is 0 Å². The van der Waals surface area contributed by atoms with E-state index in [1.165, 1.54) is 96.6 Å². The highest BCUT2D eigenvalue weighted by atomic mass is 15.2. The molecule has 0 amide bonds. The monoisotopic (exact) mass is 267 g/mol. The molecule has 1 aliphatic rings. The third-order valence-electron chi connectivity index (χ3n) is 4.77. The SMILES string of the molecule is CCCCCCCCCCCN1CCCCC1CC. The normalized spacial score (nSPS) is 20.8. The molecule has 0 aliphatic carbocycles. The Labute approximate surface area is 122 Å². The van der Waals surface area contributed by atoms with Crippen molar-refractivity contribution in [3.63, 3.8) is 0 Å². The van der Waals surface area contributed by atoms with Gasteiger partial charge in [0.15, 0.2) is 0 Å². The molecule has 19 heavy (non-hydrogen) atoms. The van der Waals surface area contributed by atoms with Crippen molar-refractivity contribution in [3.8, 4) is 0 Å². The van der Waals surface area contributed by atoms with Crippen LogP contribution >= 0.6 is 0 Å². The van der Waals surface area contributed by atoms with Crippen LogP contribution in [0.4, 0.5) is 0 Å². The van der Waals surface area contributed by atoms with Crippen LogP contribution in [0, 0.1) is 0 Å². The Morgan fingerprint density at radius 3 is 2.05 bits per heavy atom. The smallest absolute Gasteiger partial charge is 0.00926 e. The van der Waals surface area contributed by atoms with Gasteiger partial charge in [0.05, 0.1) is 0 Å². The van der Waals surface area contributed by atoms with Gasteiger partial charge in [-0.25, -0.2) is 0 Å². The Morgan fingerprint density at radius 1 is 0.789 bits per heavy atom. The van der Waals surface area contributed by atoms with Crippen LogP contribution in [-0.4, -0.2) is 24.0 Å². The van der Waals surface area contributed by atoms with Gasteiger partial charge < -0.3 is 4.90 Å². The molecule has 1 rings (SSSR count). The van der Waals surface area contributed by atoms with Crippen LogP contribution in [0.15, 0.2) is 0 Å². The van der Waals surface area contributed by atoms with Crippen molar-refractivity contribution in [1.29, 1.82) is 0 Å². The highest BCUT2D eigenvalue weighted by Gasteiger charge is 2.19. The Balaban J connectivity index is 1.89. The molecule has 1 unspecified atom stereocenters. The minimum Gasteiger partial charge on any atom is -0.300 e. The highest BCUT2D eigenvalue weighted by Crippen LogP contribution is 2.20. The summed E-state index contributed by atoms with van der Waals surface area (Å²) < 4.78 is 0. The van der Waals surface area contributed by atoms with Gasteiger partial charge in [-0.1, -0.05) is 71.6 Å². The maximum absolute atomic E-state index is 2.77. The molecular weight excluding hydrogens is 230 g/mol. The summed E-state index contributed by atoms with van der Waals surface area (Å²) in [7, 11) is 0. The van der Waals surface area contributed by atoms with Crippen molar-refractivity contribution in [1.82, 2.24) is 4.90 Å². The predicted octanol–water partition coefficient (Wildman–Crippen LogP) is 5.78. The lowest BCUT2D eigenvalue weighted by Crippen LogP contribution is -2.39. The number of hydrogen-bond donors (Lipinski definition) is 0. The minimum atomic E-state index is 0.905. The summed E-state index contributed by atoms with van der Waals surface area (Å²) in [4.78, 5) is 2.77. The number of piperidine rings is 1. The van der Waals surface area contributed by atoms with E-state index in [0.717, 1.165) is 6.04 Å². The zero-order valence-corrected chi connectivity index (χ0v) is 13.6. The molecule has 114 valence electrons. The van der Waals surface area contributed by atoms with Crippen LogP contribution in [0.2, 0.25) is 0 Å². The first-order valence-electron chi connectivity index (χ1n) is 9.12. The molecule has 1 heteroatoms. The summed E-state index contributed by atoms with van der Waals surface area (Å²) in [5.74, 6) is 0. The zero-order valence-electron chi connectivity index (χ0n) is 13.6. The van der Waals surface area contributed by atoms with E-state index in [1.807, 2.05) is 0 Å². The van der Waals surface area contributed by atoms with Gasteiger partial charge in [0.2, 0.25) is 0 Å². The van der Waals surface area contributed by atoms with Gasteiger partial charge in [0.1, 0.15) is 0 Å². The summed E-state index contributed by atoms with van der Waals surface area (Å²) in [6.07, 6.45) is 18.8. The highest BCUT2D eigenvalue weighted by molar-refractivity contribution is 4.75. The van der Waals surface area contributed by atoms with Crippen LogP contribution in [0.5, 0.6) is 0 Å². The van der Waals surface area contributed by atoms with Gasteiger partial charge in [-0.15, -0.1) is 0 Å². The van der Waals surface area contributed by atoms with E-state index in [9.17, 15) is 0 Å². The third-order valence-corrected chi connectivity index (χ3v) is 4.77. The number of nitrogens with zero attached hydrogens (tertiary/aromatic N) is 1.